The van der Waals surface area contributed by atoms with Crippen molar-refractivity contribution in [1.29, 1.82) is 5.41 Å². The second-order valence-corrected chi connectivity index (χ2v) is 8.12. The molecule has 1 unspecified atom stereocenters. The van der Waals surface area contributed by atoms with Crippen molar-refractivity contribution in [3.8, 4) is 11.3 Å². The van der Waals surface area contributed by atoms with E-state index >= 15 is 0 Å². The molecule has 8 heteroatoms. The molecule has 0 radical (unpaired) electrons. The van der Waals surface area contributed by atoms with Gasteiger partial charge >= 0.3 is 0 Å². The number of benzene rings is 1. The van der Waals surface area contributed by atoms with Crippen molar-refractivity contribution in [3.63, 3.8) is 0 Å². The average Bonchev–Trinajstić information content (AvgIpc) is 2.68. The Bertz CT molecular complexity index is 926. The van der Waals surface area contributed by atoms with Crippen molar-refractivity contribution in [2.75, 3.05) is 13.1 Å². The fraction of sp³-hybridized carbons (Fsp3) is 0.278. The van der Waals surface area contributed by atoms with Crippen molar-refractivity contribution in [2.45, 2.75) is 17.9 Å². The number of hydrogen-bond donors (Lipinski definition) is 2. The highest BCUT2D eigenvalue weighted by Gasteiger charge is 2.33. The smallest absolute Gasteiger partial charge is 0.260 e. The number of nitrogens with one attached hydrogen (secondary N) is 1. The molecule has 3 rings (SSSR count). The van der Waals surface area contributed by atoms with Crippen LogP contribution >= 0.6 is 0 Å². The minimum Gasteiger partial charge on any atom is -0.369 e. The van der Waals surface area contributed by atoms with Gasteiger partial charge in [0.15, 0.2) is 5.03 Å². The Morgan fingerprint density at radius 2 is 1.96 bits per heavy atom. The third kappa shape index (κ3) is 3.66. The molecular formula is C18H20N4O3S. The molecule has 0 aliphatic carbocycles. The van der Waals surface area contributed by atoms with Crippen LogP contribution in [0.1, 0.15) is 18.4 Å². The molecule has 26 heavy (non-hydrogen) atoms. The van der Waals surface area contributed by atoms with Gasteiger partial charge in [0.2, 0.25) is 5.91 Å². The maximum Gasteiger partial charge on any atom is 0.260 e. The Labute approximate surface area is 152 Å². The molecule has 1 saturated heterocycles. The summed E-state index contributed by atoms with van der Waals surface area (Å²) in [5.74, 6) is -0.937. The zero-order chi connectivity index (χ0) is 18.7. The second-order valence-electron chi connectivity index (χ2n) is 6.23. The molecule has 1 fully saturated rings. The fourth-order valence-corrected chi connectivity index (χ4v) is 4.47. The highest BCUT2D eigenvalue weighted by atomic mass is 32.2. The van der Waals surface area contributed by atoms with E-state index in [2.05, 4.69) is 4.98 Å². The predicted octanol–water partition coefficient (Wildman–Crippen LogP) is 1.63. The van der Waals surface area contributed by atoms with Gasteiger partial charge < -0.3 is 11.1 Å². The van der Waals surface area contributed by atoms with Gasteiger partial charge in [-0.3, -0.25) is 4.79 Å². The first kappa shape index (κ1) is 18.2. The highest BCUT2D eigenvalue weighted by molar-refractivity contribution is 7.89. The van der Waals surface area contributed by atoms with Crippen LogP contribution in [0.25, 0.3) is 11.3 Å². The third-order valence-corrected chi connectivity index (χ3v) is 6.25. The Balaban J connectivity index is 1.90. The van der Waals surface area contributed by atoms with Crippen molar-refractivity contribution < 1.29 is 13.2 Å². The summed E-state index contributed by atoms with van der Waals surface area (Å²) >= 11 is 0. The summed E-state index contributed by atoms with van der Waals surface area (Å²) in [6.07, 6.45) is 2.44. The summed E-state index contributed by atoms with van der Waals surface area (Å²) in [7, 11) is -3.79. The summed E-state index contributed by atoms with van der Waals surface area (Å²) in [5.41, 5.74) is 7.39. The first-order valence-electron chi connectivity index (χ1n) is 8.29. The largest absolute Gasteiger partial charge is 0.369 e. The topological polar surface area (TPSA) is 117 Å². The molecule has 2 aromatic rings. The molecule has 136 valence electrons. The van der Waals surface area contributed by atoms with Gasteiger partial charge in [-0.1, -0.05) is 30.3 Å². The van der Waals surface area contributed by atoms with E-state index in [-0.39, 0.29) is 11.6 Å². The zero-order valence-corrected chi connectivity index (χ0v) is 14.9. The minimum absolute atomic E-state index is 0.0451. The van der Waals surface area contributed by atoms with Crippen LogP contribution < -0.4 is 5.73 Å². The number of pyridine rings is 1. The number of nitrogens with zero attached hydrogens (tertiary/aromatic N) is 2. The molecule has 1 aromatic heterocycles. The maximum absolute atomic E-state index is 12.9. The third-order valence-electron chi connectivity index (χ3n) is 4.49. The number of rotatable bonds is 5. The zero-order valence-electron chi connectivity index (χ0n) is 14.1. The monoisotopic (exact) mass is 372 g/mol. The Morgan fingerprint density at radius 3 is 2.62 bits per heavy atom. The van der Waals surface area contributed by atoms with E-state index in [4.69, 9.17) is 11.1 Å². The van der Waals surface area contributed by atoms with E-state index in [1.54, 1.807) is 36.4 Å². The number of sulfonamides is 1. The van der Waals surface area contributed by atoms with Crippen molar-refractivity contribution >= 4 is 22.1 Å². The van der Waals surface area contributed by atoms with Gasteiger partial charge in [0.1, 0.15) is 0 Å². The lowest BCUT2D eigenvalue weighted by Crippen LogP contribution is -2.44. The summed E-state index contributed by atoms with van der Waals surface area (Å²) in [5, 5.41) is 7.19. The Hall–Kier alpha value is -2.58. The van der Waals surface area contributed by atoms with Gasteiger partial charge in [-0.25, -0.2) is 13.4 Å². The van der Waals surface area contributed by atoms with Crippen molar-refractivity contribution in [2.24, 2.45) is 11.7 Å². The van der Waals surface area contributed by atoms with Crippen LogP contribution in [0.4, 0.5) is 0 Å². The standard InChI is InChI=1S/C18H20N4O3S/c19-11-13-6-8-14(9-7-13)16-4-1-5-17(21-16)26(24,25)22-10-2-3-15(12-22)18(20)23/h1,4-9,11,15,19H,2-3,10,12H2,(H2,20,23). The van der Waals surface area contributed by atoms with Gasteiger partial charge in [0, 0.05) is 24.9 Å². The van der Waals surface area contributed by atoms with E-state index in [1.807, 2.05) is 0 Å². The molecule has 1 amide bonds. The number of aromatic nitrogens is 1. The highest BCUT2D eigenvalue weighted by Crippen LogP contribution is 2.25. The number of amides is 1. The van der Waals surface area contributed by atoms with E-state index in [0.717, 1.165) is 11.1 Å². The minimum atomic E-state index is -3.79. The lowest BCUT2D eigenvalue weighted by atomic mass is 9.99. The van der Waals surface area contributed by atoms with Crippen LogP contribution in [-0.2, 0) is 14.8 Å². The molecule has 1 atom stereocenters. The molecule has 2 heterocycles. The lowest BCUT2D eigenvalue weighted by molar-refractivity contribution is -0.122. The molecular weight excluding hydrogens is 352 g/mol. The van der Waals surface area contributed by atoms with Crippen LogP contribution in [0.5, 0.6) is 0 Å². The average molecular weight is 372 g/mol. The number of primary amides is 1. The van der Waals surface area contributed by atoms with Gasteiger partial charge in [-0.2, -0.15) is 4.31 Å². The molecule has 1 aliphatic heterocycles. The van der Waals surface area contributed by atoms with Crippen LogP contribution in [-0.4, -0.2) is 42.9 Å². The molecule has 0 spiro atoms. The number of piperidine rings is 1. The second kappa shape index (κ2) is 7.35. The molecule has 0 bridgehead atoms. The molecule has 7 nitrogen and oxygen atoms in total. The normalized spacial score (nSPS) is 18.4. The van der Waals surface area contributed by atoms with Gasteiger partial charge in [-0.15, -0.1) is 0 Å². The van der Waals surface area contributed by atoms with E-state index in [9.17, 15) is 13.2 Å². The molecule has 3 N–H and O–H groups in total. The van der Waals surface area contributed by atoms with Crippen molar-refractivity contribution in [1.82, 2.24) is 9.29 Å². The lowest BCUT2D eigenvalue weighted by Gasteiger charge is -2.30. The quantitative estimate of drug-likeness (QED) is 0.776. The summed E-state index contributed by atoms with van der Waals surface area (Å²) in [6, 6.07) is 12.0. The fourth-order valence-electron chi connectivity index (χ4n) is 2.99. The van der Waals surface area contributed by atoms with E-state index < -0.39 is 21.8 Å². The number of carbonyl (C=O) groups excluding carboxylic acids is 1. The first-order valence-corrected chi connectivity index (χ1v) is 9.73. The summed E-state index contributed by atoms with van der Waals surface area (Å²) in [4.78, 5) is 15.7. The van der Waals surface area contributed by atoms with E-state index in [0.29, 0.717) is 25.1 Å². The first-order chi connectivity index (χ1) is 12.4. The van der Waals surface area contributed by atoms with Crippen molar-refractivity contribution in [3.05, 3.63) is 48.0 Å². The van der Waals surface area contributed by atoms with Crippen LogP contribution in [0, 0.1) is 11.3 Å². The molecule has 1 aromatic carbocycles. The maximum atomic E-state index is 12.9. The summed E-state index contributed by atoms with van der Waals surface area (Å²) < 4.78 is 27.1. The molecule has 0 saturated carbocycles. The van der Waals surface area contributed by atoms with Crippen LogP contribution in [0.2, 0.25) is 0 Å². The number of carbonyl (C=O) groups is 1. The van der Waals surface area contributed by atoms with Gasteiger partial charge in [0.25, 0.3) is 10.0 Å². The van der Waals surface area contributed by atoms with Gasteiger partial charge in [-0.05, 0) is 30.5 Å². The SMILES string of the molecule is N=Cc1ccc(-c2cccc(S(=O)(=O)N3CCCC(C(N)=O)C3)n2)cc1. The Morgan fingerprint density at radius 1 is 1.23 bits per heavy atom. The van der Waals surface area contributed by atoms with Crippen LogP contribution in [0.3, 0.4) is 0 Å². The predicted molar refractivity (Wildman–Crippen MR) is 98.2 cm³/mol. The number of hydrogen-bond acceptors (Lipinski definition) is 5. The summed E-state index contributed by atoms with van der Waals surface area (Å²) in [6.45, 7) is 0.448. The number of nitrogens with two attached hydrogens (primary N) is 1. The Kier molecular flexibility index (Phi) is 5.15. The van der Waals surface area contributed by atoms with Crippen LogP contribution in [0.15, 0.2) is 47.5 Å². The molecule has 1 aliphatic rings. The van der Waals surface area contributed by atoms with Gasteiger partial charge in [0.05, 0.1) is 11.6 Å². The van der Waals surface area contributed by atoms with E-state index in [1.165, 1.54) is 16.6 Å².